The van der Waals surface area contributed by atoms with E-state index < -0.39 is 16.6 Å². The molecule has 0 aliphatic carbocycles. The van der Waals surface area contributed by atoms with Crippen LogP contribution in [0, 0.1) is 28.7 Å². The highest BCUT2D eigenvalue weighted by Crippen LogP contribution is 2.25. The summed E-state index contributed by atoms with van der Waals surface area (Å²) in [7, 11) is 0. The van der Waals surface area contributed by atoms with Gasteiger partial charge in [0.15, 0.2) is 0 Å². The summed E-state index contributed by atoms with van der Waals surface area (Å²) in [6, 6.07) is 5.15. The van der Waals surface area contributed by atoms with Crippen LogP contribution in [0.25, 0.3) is 0 Å². The molecule has 0 radical (unpaired) electrons. The van der Waals surface area contributed by atoms with Gasteiger partial charge in [-0.15, -0.1) is 0 Å². The van der Waals surface area contributed by atoms with Crippen molar-refractivity contribution in [3.05, 3.63) is 56.5 Å². The van der Waals surface area contributed by atoms with Crippen LogP contribution in [-0.4, -0.2) is 4.92 Å². The Hall–Kier alpha value is -2.02. The number of nitrogens with zero attached hydrogens (tertiary/aromatic N) is 1. The van der Waals surface area contributed by atoms with Crippen LogP contribution in [-0.2, 0) is 6.54 Å². The van der Waals surface area contributed by atoms with Crippen molar-refractivity contribution < 1.29 is 13.7 Å². The zero-order chi connectivity index (χ0) is 14.0. The van der Waals surface area contributed by atoms with Crippen molar-refractivity contribution >= 4 is 22.0 Å². The Kier molecular flexibility index (Phi) is 3.75. The number of rotatable bonds is 4. The minimum atomic E-state index is -0.551. The summed E-state index contributed by atoms with van der Waals surface area (Å²) >= 11 is 0.996. The molecular formula is C12H10F2N2O2S. The normalized spacial score (nSPS) is 10.5. The highest BCUT2D eigenvalue weighted by atomic mass is 32.1. The number of anilines is 1. The average Bonchev–Trinajstić information content (AvgIpc) is 2.81. The zero-order valence-electron chi connectivity index (χ0n) is 9.94. The Labute approximate surface area is 111 Å². The van der Waals surface area contributed by atoms with E-state index in [1.807, 2.05) is 0 Å². The van der Waals surface area contributed by atoms with Crippen molar-refractivity contribution in [3.8, 4) is 0 Å². The first-order valence-electron chi connectivity index (χ1n) is 5.40. The summed E-state index contributed by atoms with van der Waals surface area (Å²) in [5, 5.41) is 13.3. The second kappa shape index (κ2) is 5.31. The van der Waals surface area contributed by atoms with E-state index in [1.54, 1.807) is 6.07 Å². The zero-order valence-corrected chi connectivity index (χ0v) is 10.8. The summed E-state index contributed by atoms with van der Waals surface area (Å²) < 4.78 is 26.8. The van der Waals surface area contributed by atoms with Crippen molar-refractivity contribution in [1.29, 1.82) is 0 Å². The molecule has 1 heterocycles. The first-order chi connectivity index (χ1) is 8.97. The smallest absolute Gasteiger partial charge is 0.324 e. The summed E-state index contributed by atoms with van der Waals surface area (Å²) in [6.07, 6.45) is 0. The van der Waals surface area contributed by atoms with E-state index in [1.165, 1.54) is 13.0 Å². The van der Waals surface area contributed by atoms with Gasteiger partial charge in [0.1, 0.15) is 11.6 Å². The van der Waals surface area contributed by atoms with Crippen LogP contribution in [0.5, 0.6) is 0 Å². The van der Waals surface area contributed by atoms with E-state index in [4.69, 9.17) is 0 Å². The second-order valence-electron chi connectivity index (χ2n) is 3.93. The summed E-state index contributed by atoms with van der Waals surface area (Å²) in [4.78, 5) is 10.7. The molecule has 7 heteroatoms. The van der Waals surface area contributed by atoms with Gasteiger partial charge in [-0.1, -0.05) is 11.3 Å². The molecule has 2 aromatic rings. The number of thiophene rings is 1. The van der Waals surface area contributed by atoms with Gasteiger partial charge in [0.25, 0.3) is 0 Å². The minimum absolute atomic E-state index is 0.0207. The van der Waals surface area contributed by atoms with Crippen LogP contribution < -0.4 is 5.32 Å². The molecule has 0 aliphatic heterocycles. The van der Waals surface area contributed by atoms with Gasteiger partial charge in [0.2, 0.25) is 0 Å². The molecule has 0 atom stereocenters. The lowest BCUT2D eigenvalue weighted by Gasteiger charge is -2.07. The molecule has 1 aromatic heterocycles. The molecule has 0 amide bonds. The van der Waals surface area contributed by atoms with Gasteiger partial charge in [-0.2, -0.15) is 0 Å². The standard InChI is InChI=1S/C12H10F2N2O2S/c1-7-4-10(14)11(5-9(7)13)15-6-8-2-3-12(19-8)16(17)18/h2-5,15H,6H2,1H3. The van der Waals surface area contributed by atoms with Crippen LogP contribution >= 0.6 is 11.3 Å². The van der Waals surface area contributed by atoms with Crippen molar-refractivity contribution in [1.82, 2.24) is 0 Å². The van der Waals surface area contributed by atoms with Crippen molar-refractivity contribution in [2.75, 3.05) is 5.32 Å². The van der Waals surface area contributed by atoms with E-state index in [0.717, 1.165) is 23.5 Å². The lowest BCUT2D eigenvalue weighted by atomic mass is 10.2. The Balaban J connectivity index is 2.09. The van der Waals surface area contributed by atoms with Gasteiger partial charge in [-0.25, -0.2) is 8.78 Å². The third-order valence-corrected chi connectivity index (χ3v) is 3.57. The maximum Gasteiger partial charge on any atom is 0.324 e. The molecule has 0 saturated carbocycles. The van der Waals surface area contributed by atoms with E-state index in [2.05, 4.69) is 5.32 Å². The fourth-order valence-corrected chi connectivity index (χ4v) is 2.28. The molecular weight excluding hydrogens is 274 g/mol. The average molecular weight is 284 g/mol. The predicted octanol–water partition coefficient (Wildman–Crippen LogP) is 3.86. The predicted molar refractivity (Wildman–Crippen MR) is 69.4 cm³/mol. The number of benzene rings is 1. The maximum atomic E-state index is 13.5. The van der Waals surface area contributed by atoms with Gasteiger partial charge >= 0.3 is 5.00 Å². The SMILES string of the molecule is Cc1cc(F)c(NCc2ccc([N+](=O)[O-])s2)cc1F. The Morgan fingerprint density at radius 2 is 2.05 bits per heavy atom. The Bertz CT molecular complexity index is 628. The van der Waals surface area contributed by atoms with Crippen LogP contribution in [0.3, 0.4) is 0 Å². The lowest BCUT2D eigenvalue weighted by Crippen LogP contribution is -2.01. The van der Waals surface area contributed by atoms with E-state index in [0.29, 0.717) is 4.88 Å². The molecule has 0 spiro atoms. The molecule has 0 unspecified atom stereocenters. The van der Waals surface area contributed by atoms with E-state index >= 15 is 0 Å². The monoisotopic (exact) mass is 284 g/mol. The molecule has 1 aromatic carbocycles. The highest BCUT2D eigenvalue weighted by Gasteiger charge is 2.11. The first-order valence-corrected chi connectivity index (χ1v) is 6.21. The van der Waals surface area contributed by atoms with Gasteiger partial charge in [0.05, 0.1) is 10.6 Å². The fraction of sp³-hybridized carbons (Fsp3) is 0.167. The summed E-state index contributed by atoms with van der Waals surface area (Å²) in [5.41, 5.74) is 0.272. The molecule has 0 saturated heterocycles. The third-order valence-electron chi connectivity index (χ3n) is 2.53. The lowest BCUT2D eigenvalue weighted by molar-refractivity contribution is -0.380. The number of nitrogens with one attached hydrogen (secondary N) is 1. The Morgan fingerprint density at radius 1 is 1.32 bits per heavy atom. The van der Waals surface area contributed by atoms with Crippen LogP contribution in [0.2, 0.25) is 0 Å². The molecule has 0 fully saturated rings. The summed E-state index contributed by atoms with van der Waals surface area (Å²) in [6.45, 7) is 1.68. The van der Waals surface area contributed by atoms with Gasteiger partial charge in [0, 0.05) is 23.6 Å². The highest BCUT2D eigenvalue weighted by molar-refractivity contribution is 7.15. The third kappa shape index (κ3) is 3.05. The largest absolute Gasteiger partial charge is 0.378 e. The molecule has 19 heavy (non-hydrogen) atoms. The van der Waals surface area contributed by atoms with Crippen molar-refractivity contribution in [2.45, 2.75) is 13.5 Å². The molecule has 0 aliphatic rings. The van der Waals surface area contributed by atoms with E-state index in [-0.39, 0.29) is 22.8 Å². The molecule has 0 bridgehead atoms. The number of hydrogen-bond donors (Lipinski definition) is 1. The molecule has 1 N–H and O–H groups in total. The number of aryl methyl sites for hydroxylation is 1. The molecule has 100 valence electrons. The van der Waals surface area contributed by atoms with Gasteiger partial charge in [-0.05, 0) is 24.6 Å². The topological polar surface area (TPSA) is 55.2 Å². The number of nitro groups is 1. The van der Waals surface area contributed by atoms with Crippen molar-refractivity contribution in [3.63, 3.8) is 0 Å². The van der Waals surface area contributed by atoms with Crippen LogP contribution in [0.1, 0.15) is 10.4 Å². The van der Waals surface area contributed by atoms with Gasteiger partial charge < -0.3 is 5.32 Å². The first kappa shape index (κ1) is 13.4. The van der Waals surface area contributed by atoms with Crippen LogP contribution in [0.4, 0.5) is 19.5 Å². The Morgan fingerprint density at radius 3 is 2.68 bits per heavy atom. The van der Waals surface area contributed by atoms with Crippen molar-refractivity contribution in [2.24, 2.45) is 0 Å². The summed E-state index contributed by atoms with van der Waals surface area (Å²) in [5.74, 6) is -1.05. The number of halogens is 2. The number of hydrogen-bond acceptors (Lipinski definition) is 4. The minimum Gasteiger partial charge on any atom is -0.378 e. The molecule has 2 rings (SSSR count). The van der Waals surface area contributed by atoms with E-state index in [9.17, 15) is 18.9 Å². The maximum absolute atomic E-state index is 13.5. The van der Waals surface area contributed by atoms with Crippen LogP contribution in [0.15, 0.2) is 24.3 Å². The fourth-order valence-electron chi connectivity index (χ4n) is 1.52. The second-order valence-corrected chi connectivity index (χ2v) is 5.08. The molecule has 4 nitrogen and oxygen atoms in total. The van der Waals surface area contributed by atoms with Gasteiger partial charge in [-0.3, -0.25) is 10.1 Å². The quantitative estimate of drug-likeness (QED) is 0.685.